The predicted octanol–water partition coefficient (Wildman–Crippen LogP) is 4.55. The third-order valence-corrected chi connectivity index (χ3v) is 8.16. The second-order valence-corrected chi connectivity index (χ2v) is 11.1. The molecule has 210 valence electrons. The van der Waals surface area contributed by atoms with Crippen LogP contribution in [0, 0.1) is 5.82 Å². The second-order valence-electron chi connectivity index (χ2n) is 10.0. The largest absolute Gasteiger partial charge is 0.417 e. The lowest BCUT2D eigenvalue weighted by Gasteiger charge is -2.37. The van der Waals surface area contributed by atoms with E-state index >= 15 is 0 Å². The number of thioether (sulfide) groups is 1. The second kappa shape index (κ2) is 11.1. The van der Waals surface area contributed by atoms with Crippen LogP contribution in [0.4, 0.5) is 23.4 Å². The number of methoxy groups -OCH3 is 1. The highest BCUT2D eigenvalue weighted by Crippen LogP contribution is 2.48. The van der Waals surface area contributed by atoms with Gasteiger partial charge in [-0.1, -0.05) is 12.1 Å². The number of ether oxygens (including phenoxy) is 2. The van der Waals surface area contributed by atoms with Gasteiger partial charge in [-0.15, -0.1) is 11.8 Å². The fourth-order valence-electron chi connectivity index (χ4n) is 5.40. The molecule has 1 aromatic heterocycles. The number of hydrogen-bond donors (Lipinski definition) is 1. The summed E-state index contributed by atoms with van der Waals surface area (Å²) in [5.74, 6) is -0.00119. The fourth-order valence-corrected chi connectivity index (χ4v) is 6.69. The summed E-state index contributed by atoms with van der Waals surface area (Å²) in [6, 6.07) is 6.15. The van der Waals surface area contributed by atoms with Gasteiger partial charge < -0.3 is 19.7 Å². The van der Waals surface area contributed by atoms with Crippen molar-refractivity contribution in [3.8, 4) is 11.1 Å². The van der Waals surface area contributed by atoms with Crippen molar-refractivity contribution in [2.45, 2.75) is 49.7 Å². The smallest absolute Gasteiger partial charge is 0.382 e. The number of aromatic nitrogens is 2. The summed E-state index contributed by atoms with van der Waals surface area (Å²) in [5, 5.41) is 3.66. The first kappa shape index (κ1) is 27.9. The molecule has 7 nitrogen and oxygen atoms in total. The van der Waals surface area contributed by atoms with E-state index in [1.807, 2.05) is 18.7 Å². The van der Waals surface area contributed by atoms with Gasteiger partial charge in [-0.2, -0.15) is 18.2 Å². The molecule has 3 aromatic rings. The van der Waals surface area contributed by atoms with Gasteiger partial charge >= 0.3 is 11.9 Å². The minimum absolute atomic E-state index is 0.0525. The number of halogens is 4. The maximum Gasteiger partial charge on any atom is 0.417 e. The van der Waals surface area contributed by atoms with Crippen molar-refractivity contribution >= 4 is 28.5 Å². The Kier molecular flexibility index (Phi) is 7.91. The Balaban J connectivity index is 1.80. The summed E-state index contributed by atoms with van der Waals surface area (Å²) in [7, 11) is 1.54. The Hall–Kier alpha value is -2.67. The molecule has 2 aliphatic rings. The molecule has 0 bridgehead atoms. The topological polar surface area (TPSA) is 68.6 Å². The number of nitrogens with one attached hydrogen (secondary N) is 1. The molecule has 1 fully saturated rings. The lowest BCUT2D eigenvalue weighted by atomic mass is 9.96. The quantitative estimate of drug-likeness (QED) is 0.347. The molecule has 3 heterocycles. The van der Waals surface area contributed by atoms with E-state index in [1.165, 1.54) is 28.5 Å². The molecule has 1 saturated heterocycles. The predicted molar refractivity (Wildman–Crippen MR) is 143 cm³/mol. The summed E-state index contributed by atoms with van der Waals surface area (Å²) >= 11 is 1.21. The molecular weight excluding hydrogens is 536 g/mol. The molecule has 3 atom stereocenters. The van der Waals surface area contributed by atoms with Gasteiger partial charge in [-0.3, -0.25) is 4.57 Å². The fraction of sp³-hybridized carbons (Fsp3) is 0.481. The monoisotopic (exact) mass is 566 g/mol. The normalized spacial score (nSPS) is 21.8. The maximum atomic E-state index is 14.7. The van der Waals surface area contributed by atoms with Crippen LogP contribution in [-0.2, 0) is 22.2 Å². The summed E-state index contributed by atoms with van der Waals surface area (Å²) < 4.78 is 70.3. The van der Waals surface area contributed by atoms with Crippen LogP contribution in [0.5, 0.6) is 0 Å². The molecule has 39 heavy (non-hydrogen) atoms. The molecule has 0 spiro atoms. The van der Waals surface area contributed by atoms with E-state index in [-0.39, 0.29) is 47.6 Å². The Morgan fingerprint density at radius 3 is 2.44 bits per heavy atom. The molecule has 12 heteroatoms. The maximum absolute atomic E-state index is 14.7. The van der Waals surface area contributed by atoms with Gasteiger partial charge in [0.05, 0.1) is 36.9 Å². The van der Waals surface area contributed by atoms with Gasteiger partial charge in [0.2, 0.25) is 0 Å². The molecule has 5 rings (SSSR count). The zero-order valence-electron chi connectivity index (χ0n) is 21.8. The Morgan fingerprint density at radius 1 is 1.10 bits per heavy atom. The van der Waals surface area contributed by atoms with E-state index < -0.39 is 29.4 Å². The lowest BCUT2D eigenvalue weighted by Crippen LogP contribution is -2.55. The molecule has 0 amide bonds. The van der Waals surface area contributed by atoms with Crippen LogP contribution in [0.1, 0.15) is 19.4 Å². The highest BCUT2D eigenvalue weighted by atomic mass is 32.2. The average Bonchev–Trinajstić information content (AvgIpc) is 3.06. The van der Waals surface area contributed by atoms with Crippen LogP contribution in [-0.4, -0.2) is 66.9 Å². The van der Waals surface area contributed by atoms with Crippen molar-refractivity contribution in [3.05, 3.63) is 52.2 Å². The van der Waals surface area contributed by atoms with Crippen LogP contribution in [0.15, 0.2) is 40.0 Å². The summed E-state index contributed by atoms with van der Waals surface area (Å²) in [5.41, 5.74) is -0.880. The standard InChI is InChI=1S/C27H30F4N4O3S/c1-15-11-34(12-16(2)32-15)25-20-10-21(27(29,30)31)22(17-4-6-18(28)7-5-17)24-23(20)35(26(36)33-25)13-19(14-39-24)38-9-8-37-3/h4-7,10,15-16,19,32H,8-9,11-14H2,1-3H3/t15-,16+,19-/m1/s1. The van der Waals surface area contributed by atoms with E-state index in [0.717, 1.165) is 18.2 Å². The van der Waals surface area contributed by atoms with Gasteiger partial charge in [0.25, 0.3) is 0 Å². The van der Waals surface area contributed by atoms with Crippen LogP contribution in [0.3, 0.4) is 0 Å². The minimum Gasteiger partial charge on any atom is -0.382 e. The third-order valence-electron chi connectivity index (χ3n) is 6.93. The van der Waals surface area contributed by atoms with Crippen LogP contribution in [0.2, 0.25) is 0 Å². The molecular formula is C27H30F4N4O3S. The van der Waals surface area contributed by atoms with Crippen molar-refractivity contribution in [3.63, 3.8) is 0 Å². The average molecular weight is 567 g/mol. The number of alkyl halides is 3. The van der Waals surface area contributed by atoms with E-state index in [2.05, 4.69) is 10.3 Å². The molecule has 0 aliphatic carbocycles. The number of hydrogen-bond acceptors (Lipinski definition) is 7. The molecule has 0 radical (unpaired) electrons. The van der Waals surface area contributed by atoms with E-state index in [9.17, 15) is 22.4 Å². The first-order valence-electron chi connectivity index (χ1n) is 12.8. The Morgan fingerprint density at radius 2 is 1.79 bits per heavy atom. The van der Waals surface area contributed by atoms with Crippen molar-refractivity contribution in [2.24, 2.45) is 0 Å². The number of anilines is 1. The zero-order valence-corrected chi connectivity index (χ0v) is 22.7. The SMILES string of the molecule is COCCO[C@H]1CSc2c(-c3ccc(F)cc3)c(C(F)(F)F)cc3c(N4C[C@@H](C)N[C@@H](C)C4)nc(=O)n(c23)C1. The summed E-state index contributed by atoms with van der Waals surface area (Å²) in [6.07, 6.45) is -5.17. The zero-order chi connectivity index (χ0) is 27.9. The lowest BCUT2D eigenvalue weighted by molar-refractivity contribution is -0.137. The van der Waals surface area contributed by atoms with Crippen LogP contribution >= 0.6 is 11.8 Å². The molecule has 2 aromatic carbocycles. The highest BCUT2D eigenvalue weighted by molar-refractivity contribution is 7.99. The van der Waals surface area contributed by atoms with Gasteiger partial charge in [-0.05, 0) is 37.6 Å². The Labute approximate surface area is 227 Å². The van der Waals surface area contributed by atoms with Crippen molar-refractivity contribution in [2.75, 3.05) is 44.1 Å². The van der Waals surface area contributed by atoms with Crippen molar-refractivity contribution in [1.82, 2.24) is 14.9 Å². The summed E-state index contributed by atoms with van der Waals surface area (Å²) in [6.45, 7) is 5.69. The third kappa shape index (κ3) is 5.65. The van der Waals surface area contributed by atoms with E-state index in [4.69, 9.17) is 9.47 Å². The van der Waals surface area contributed by atoms with Gasteiger partial charge in [0, 0.05) is 53.9 Å². The highest BCUT2D eigenvalue weighted by Gasteiger charge is 2.39. The molecule has 0 saturated carbocycles. The molecule has 1 N–H and O–H groups in total. The van der Waals surface area contributed by atoms with Gasteiger partial charge in [0.1, 0.15) is 11.6 Å². The first-order valence-corrected chi connectivity index (χ1v) is 13.7. The Bertz CT molecular complexity index is 1400. The van der Waals surface area contributed by atoms with E-state index in [0.29, 0.717) is 35.9 Å². The number of nitrogens with zero attached hydrogens (tertiary/aromatic N) is 3. The van der Waals surface area contributed by atoms with Crippen molar-refractivity contribution in [1.29, 1.82) is 0 Å². The van der Waals surface area contributed by atoms with E-state index in [1.54, 1.807) is 7.11 Å². The van der Waals surface area contributed by atoms with Gasteiger partial charge in [0.15, 0.2) is 0 Å². The molecule has 0 unspecified atom stereocenters. The molecule has 2 aliphatic heterocycles. The first-order chi connectivity index (χ1) is 18.6. The van der Waals surface area contributed by atoms with Crippen molar-refractivity contribution < 1.29 is 27.0 Å². The van der Waals surface area contributed by atoms with Gasteiger partial charge in [-0.25, -0.2) is 9.18 Å². The minimum atomic E-state index is -4.71. The van der Waals surface area contributed by atoms with Crippen LogP contribution < -0.4 is 15.9 Å². The number of rotatable bonds is 6. The van der Waals surface area contributed by atoms with Crippen LogP contribution in [0.25, 0.3) is 22.0 Å². The summed E-state index contributed by atoms with van der Waals surface area (Å²) in [4.78, 5) is 20.1. The number of piperazine rings is 1. The number of benzene rings is 2.